The van der Waals surface area contributed by atoms with Gasteiger partial charge in [-0.05, 0) is 30.5 Å². The summed E-state index contributed by atoms with van der Waals surface area (Å²) >= 11 is 5.92. The van der Waals surface area contributed by atoms with E-state index in [2.05, 4.69) is 4.90 Å². The molecule has 21 heavy (non-hydrogen) atoms. The minimum absolute atomic E-state index is 0.0232. The highest BCUT2D eigenvalue weighted by atomic mass is 35.5. The number of carbonyl (C=O) groups excluding carboxylic acids is 1. The molecule has 1 saturated carbocycles. The van der Waals surface area contributed by atoms with Gasteiger partial charge < -0.3 is 9.64 Å². The van der Waals surface area contributed by atoms with Crippen LogP contribution < -0.4 is 0 Å². The van der Waals surface area contributed by atoms with E-state index >= 15 is 0 Å². The van der Waals surface area contributed by atoms with Gasteiger partial charge in [-0.1, -0.05) is 23.7 Å². The molecular formula is C16H21ClN2O2. The standard InChI is InChI=1S/C16H21ClN2O2/c1-18(14-6-7-14)16(20)11-19-8-9-21-15(10-19)12-2-4-13(17)5-3-12/h2-5,14-15H,6-11H2,1H3. The van der Waals surface area contributed by atoms with Gasteiger partial charge >= 0.3 is 0 Å². The molecule has 1 aliphatic carbocycles. The molecule has 1 aromatic rings. The smallest absolute Gasteiger partial charge is 0.236 e. The first-order valence-corrected chi connectivity index (χ1v) is 7.86. The summed E-state index contributed by atoms with van der Waals surface area (Å²) in [6.45, 7) is 2.72. The van der Waals surface area contributed by atoms with E-state index in [4.69, 9.17) is 16.3 Å². The molecule has 1 atom stereocenters. The van der Waals surface area contributed by atoms with Crippen LogP contribution in [-0.4, -0.2) is 55.0 Å². The van der Waals surface area contributed by atoms with Crippen molar-refractivity contribution in [1.29, 1.82) is 0 Å². The van der Waals surface area contributed by atoms with E-state index in [0.717, 1.165) is 36.5 Å². The fraction of sp³-hybridized carbons (Fsp3) is 0.562. The van der Waals surface area contributed by atoms with Crippen LogP contribution in [0.15, 0.2) is 24.3 Å². The van der Waals surface area contributed by atoms with E-state index in [1.54, 1.807) is 0 Å². The zero-order valence-corrected chi connectivity index (χ0v) is 13.1. The molecule has 2 fully saturated rings. The second-order valence-corrected chi connectivity index (χ2v) is 6.32. The summed E-state index contributed by atoms with van der Waals surface area (Å²) in [7, 11) is 1.91. The number of amides is 1. The molecule has 0 bridgehead atoms. The number of hydrogen-bond acceptors (Lipinski definition) is 3. The molecule has 3 rings (SSSR count). The Bertz CT molecular complexity index is 502. The van der Waals surface area contributed by atoms with Crippen molar-refractivity contribution in [2.75, 3.05) is 33.3 Å². The van der Waals surface area contributed by atoms with E-state index in [0.29, 0.717) is 19.2 Å². The summed E-state index contributed by atoms with van der Waals surface area (Å²) in [6.07, 6.45) is 2.33. The molecule has 1 unspecified atom stereocenters. The van der Waals surface area contributed by atoms with Crippen LogP contribution in [0.25, 0.3) is 0 Å². The van der Waals surface area contributed by atoms with Gasteiger partial charge in [0.1, 0.15) is 0 Å². The minimum Gasteiger partial charge on any atom is -0.371 e. The van der Waals surface area contributed by atoms with Crippen LogP contribution in [0.4, 0.5) is 0 Å². The molecule has 0 spiro atoms. The second kappa shape index (κ2) is 6.34. The molecule has 4 nitrogen and oxygen atoms in total. The van der Waals surface area contributed by atoms with Crippen molar-refractivity contribution < 1.29 is 9.53 Å². The van der Waals surface area contributed by atoms with E-state index in [1.807, 2.05) is 36.2 Å². The fourth-order valence-electron chi connectivity index (χ4n) is 2.69. The lowest BCUT2D eigenvalue weighted by atomic mass is 10.1. The van der Waals surface area contributed by atoms with Crippen molar-refractivity contribution in [2.45, 2.75) is 25.0 Å². The Labute approximate surface area is 130 Å². The average molecular weight is 309 g/mol. The Kier molecular flexibility index (Phi) is 4.48. The van der Waals surface area contributed by atoms with Crippen LogP contribution in [0.3, 0.4) is 0 Å². The SMILES string of the molecule is CN(C(=O)CN1CCOC(c2ccc(Cl)cc2)C1)C1CC1. The van der Waals surface area contributed by atoms with Gasteiger partial charge in [0.05, 0.1) is 19.3 Å². The Balaban J connectivity index is 1.57. The third kappa shape index (κ3) is 3.76. The first-order chi connectivity index (χ1) is 10.1. The van der Waals surface area contributed by atoms with E-state index in [1.165, 1.54) is 0 Å². The summed E-state index contributed by atoms with van der Waals surface area (Å²) in [5.41, 5.74) is 1.12. The molecule has 1 aliphatic heterocycles. The largest absolute Gasteiger partial charge is 0.371 e. The molecular weight excluding hydrogens is 288 g/mol. The van der Waals surface area contributed by atoms with Crippen LogP contribution >= 0.6 is 11.6 Å². The average Bonchev–Trinajstić information content (AvgIpc) is 3.32. The summed E-state index contributed by atoms with van der Waals surface area (Å²) in [6, 6.07) is 8.23. The molecule has 1 saturated heterocycles. The van der Waals surface area contributed by atoms with Gasteiger partial charge in [0, 0.05) is 31.2 Å². The maximum atomic E-state index is 12.2. The van der Waals surface area contributed by atoms with Gasteiger partial charge in [-0.3, -0.25) is 9.69 Å². The van der Waals surface area contributed by atoms with Crippen molar-refractivity contribution in [2.24, 2.45) is 0 Å². The van der Waals surface area contributed by atoms with Crippen LogP contribution in [0.5, 0.6) is 0 Å². The number of halogens is 1. The van der Waals surface area contributed by atoms with Gasteiger partial charge in [-0.15, -0.1) is 0 Å². The number of carbonyl (C=O) groups is 1. The third-order valence-corrected chi connectivity index (χ3v) is 4.49. The number of hydrogen-bond donors (Lipinski definition) is 0. The maximum absolute atomic E-state index is 12.2. The molecule has 114 valence electrons. The van der Waals surface area contributed by atoms with E-state index in [9.17, 15) is 4.79 Å². The normalized spacial score (nSPS) is 23.0. The zero-order valence-electron chi connectivity index (χ0n) is 12.3. The lowest BCUT2D eigenvalue weighted by Crippen LogP contribution is -2.45. The number of nitrogens with zero attached hydrogens (tertiary/aromatic N) is 2. The van der Waals surface area contributed by atoms with E-state index in [-0.39, 0.29) is 12.0 Å². The van der Waals surface area contributed by atoms with Gasteiger partial charge in [-0.2, -0.15) is 0 Å². The minimum atomic E-state index is 0.0232. The Hall–Kier alpha value is -1.10. The quantitative estimate of drug-likeness (QED) is 0.856. The van der Waals surface area contributed by atoms with Crippen LogP contribution in [0.2, 0.25) is 5.02 Å². The molecule has 1 heterocycles. The summed E-state index contributed by atoms with van der Waals surface area (Å²) < 4.78 is 5.83. The molecule has 1 amide bonds. The predicted octanol–water partition coefficient (Wildman–Crippen LogP) is 2.33. The monoisotopic (exact) mass is 308 g/mol. The highest BCUT2D eigenvalue weighted by Crippen LogP contribution is 2.26. The zero-order chi connectivity index (χ0) is 14.8. The third-order valence-electron chi connectivity index (χ3n) is 4.24. The molecule has 0 radical (unpaired) electrons. The Morgan fingerprint density at radius 2 is 2.10 bits per heavy atom. The number of likely N-dealkylation sites (N-methyl/N-ethyl adjacent to an activating group) is 1. The molecule has 1 aromatic carbocycles. The lowest BCUT2D eigenvalue weighted by Gasteiger charge is -2.33. The fourth-order valence-corrected chi connectivity index (χ4v) is 2.82. The van der Waals surface area contributed by atoms with E-state index < -0.39 is 0 Å². The first kappa shape index (κ1) is 14.8. The van der Waals surface area contributed by atoms with Crippen molar-refractivity contribution in [3.05, 3.63) is 34.9 Å². The molecule has 5 heteroatoms. The summed E-state index contributed by atoms with van der Waals surface area (Å²) in [4.78, 5) is 16.3. The van der Waals surface area contributed by atoms with Crippen molar-refractivity contribution in [1.82, 2.24) is 9.80 Å². The second-order valence-electron chi connectivity index (χ2n) is 5.88. The number of ether oxygens (including phenoxy) is 1. The highest BCUT2D eigenvalue weighted by Gasteiger charge is 2.31. The van der Waals surface area contributed by atoms with Gasteiger partial charge in [-0.25, -0.2) is 0 Å². The highest BCUT2D eigenvalue weighted by molar-refractivity contribution is 6.30. The lowest BCUT2D eigenvalue weighted by molar-refractivity contribution is -0.133. The van der Waals surface area contributed by atoms with Crippen LogP contribution in [0, 0.1) is 0 Å². The predicted molar refractivity (Wildman–Crippen MR) is 82.4 cm³/mol. The maximum Gasteiger partial charge on any atom is 0.236 e. The van der Waals surface area contributed by atoms with Crippen molar-refractivity contribution in [3.63, 3.8) is 0 Å². The molecule has 2 aliphatic rings. The Morgan fingerprint density at radius 1 is 1.38 bits per heavy atom. The summed E-state index contributed by atoms with van der Waals surface area (Å²) in [5.74, 6) is 0.217. The number of morpholine rings is 1. The number of rotatable bonds is 4. The van der Waals surface area contributed by atoms with Crippen molar-refractivity contribution in [3.8, 4) is 0 Å². The first-order valence-electron chi connectivity index (χ1n) is 7.48. The van der Waals surface area contributed by atoms with Crippen LogP contribution in [0.1, 0.15) is 24.5 Å². The van der Waals surface area contributed by atoms with Gasteiger partial charge in [0.15, 0.2) is 0 Å². The van der Waals surface area contributed by atoms with Gasteiger partial charge in [0.2, 0.25) is 5.91 Å². The van der Waals surface area contributed by atoms with Gasteiger partial charge in [0.25, 0.3) is 0 Å². The number of benzene rings is 1. The summed E-state index contributed by atoms with van der Waals surface area (Å²) in [5, 5.41) is 0.729. The van der Waals surface area contributed by atoms with Crippen molar-refractivity contribution >= 4 is 17.5 Å². The topological polar surface area (TPSA) is 32.8 Å². The Morgan fingerprint density at radius 3 is 2.76 bits per heavy atom. The van der Waals surface area contributed by atoms with Crippen LogP contribution in [-0.2, 0) is 9.53 Å². The molecule has 0 aromatic heterocycles. The molecule has 0 N–H and O–H groups in total.